The number of pyridine rings is 1. The van der Waals surface area contributed by atoms with Gasteiger partial charge in [0.05, 0.1) is 0 Å². The van der Waals surface area contributed by atoms with E-state index in [1.165, 1.54) is 12.3 Å². The van der Waals surface area contributed by atoms with E-state index < -0.39 is 23.5 Å². The Labute approximate surface area is 104 Å². The Bertz CT molecular complexity index is 495. The summed E-state index contributed by atoms with van der Waals surface area (Å²) < 4.78 is 0. The van der Waals surface area contributed by atoms with Gasteiger partial charge in [0.15, 0.2) is 0 Å². The van der Waals surface area contributed by atoms with E-state index in [4.69, 9.17) is 5.11 Å². The smallest absolute Gasteiger partial charge is 0.326 e. The molecular formula is C12H16N2O4. The number of rotatable bonds is 5. The first kappa shape index (κ1) is 14.0. The van der Waals surface area contributed by atoms with Gasteiger partial charge in [-0.3, -0.25) is 9.59 Å². The number of amides is 1. The van der Waals surface area contributed by atoms with Gasteiger partial charge in [0.2, 0.25) is 5.56 Å². The summed E-state index contributed by atoms with van der Waals surface area (Å²) in [5, 5.41) is 11.5. The van der Waals surface area contributed by atoms with Gasteiger partial charge in [-0.15, -0.1) is 0 Å². The van der Waals surface area contributed by atoms with E-state index in [0.717, 1.165) is 6.07 Å². The zero-order chi connectivity index (χ0) is 13.7. The number of aromatic amines is 1. The maximum Gasteiger partial charge on any atom is 0.326 e. The van der Waals surface area contributed by atoms with Gasteiger partial charge in [-0.1, -0.05) is 20.3 Å². The number of aliphatic carboxylic acids is 1. The van der Waals surface area contributed by atoms with Gasteiger partial charge in [-0.05, 0) is 12.0 Å². The second kappa shape index (κ2) is 6.00. The van der Waals surface area contributed by atoms with Gasteiger partial charge in [0.1, 0.15) is 6.04 Å². The topological polar surface area (TPSA) is 99.3 Å². The Morgan fingerprint density at radius 3 is 2.67 bits per heavy atom. The lowest BCUT2D eigenvalue weighted by Gasteiger charge is -2.19. The van der Waals surface area contributed by atoms with Crippen LogP contribution in [0.5, 0.6) is 0 Å². The highest BCUT2D eigenvalue weighted by Gasteiger charge is 2.25. The molecule has 2 atom stereocenters. The van der Waals surface area contributed by atoms with E-state index in [2.05, 4.69) is 10.3 Å². The molecule has 0 saturated carbocycles. The largest absolute Gasteiger partial charge is 0.480 e. The lowest BCUT2D eigenvalue weighted by atomic mass is 9.99. The maximum atomic E-state index is 11.8. The third kappa shape index (κ3) is 3.44. The van der Waals surface area contributed by atoms with Crippen molar-refractivity contribution in [3.05, 3.63) is 34.2 Å². The second-order valence-electron chi connectivity index (χ2n) is 4.12. The van der Waals surface area contributed by atoms with Crippen LogP contribution in [0.25, 0.3) is 0 Å². The van der Waals surface area contributed by atoms with Crippen molar-refractivity contribution in [3.8, 4) is 0 Å². The Kier molecular flexibility index (Phi) is 4.65. The fourth-order valence-electron chi connectivity index (χ4n) is 1.49. The first-order valence-electron chi connectivity index (χ1n) is 5.68. The Morgan fingerprint density at radius 2 is 2.17 bits per heavy atom. The number of aromatic nitrogens is 1. The van der Waals surface area contributed by atoms with Crippen molar-refractivity contribution in [2.45, 2.75) is 26.3 Å². The fraction of sp³-hybridized carbons (Fsp3) is 0.417. The summed E-state index contributed by atoms with van der Waals surface area (Å²) in [7, 11) is 0. The van der Waals surface area contributed by atoms with Gasteiger partial charge in [-0.2, -0.15) is 0 Å². The molecule has 0 bridgehead atoms. The van der Waals surface area contributed by atoms with Gasteiger partial charge < -0.3 is 15.4 Å². The molecule has 1 amide bonds. The predicted octanol–water partition coefficient (Wildman–Crippen LogP) is 0.604. The lowest BCUT2D eigenvalue weighted by Crippen LogP contribution is -2.45. The molecule has 6 nitrogen and oxygen atoms in total. The molecule has 0 aliphatic heterocycles. The zero-order valence-corrected chi connectivity index (χ0v) is 10.3. The zero-order valence-electron chi connectivity index (χ0n) is 10.3. The summed E-state index contributed by atoms with van der Waals surface area (Å²) in [6.45, 7) is 3.59. The quantitative estimate of drug-likeness (QED) is 0.714. The number of carbonyl (C=O) groups excluding carboxylic acids is 1. The summed E-state index contributed by atoms with van der Waals surface area (Å²) in [5.41, 5.74) is -0.258. The standard InChI is InChI=1S/C12H16N2O4/c1-3-7(2)10(12(17)18)14-11(16)8-4-5-13-9(15)6-8/h4-7,10H,3H2,1-2H3,(H,13,15)(H,14,16)(H,17,18)/t7?,10-/m0/s1. The lowest BCUT2D eigenvalue weighted by molar-refractivity contribution is -0.140. The number of carbonyl (C=O) groups is 2. The van der Waals surface area contributed by atoms with Crippen molar-refractivity contribution in [1.82, 2.24) is 10.3 Å². The molecule has 0 saturated heterocycles. The van der Waals surface area contributed by atoms with E-state index in [1.54, 1.807) is 6.92 Å². The van der Waals surface area contributed by atoms with Crippen LogP contribution in [-0.2, 0) is 4.79 Å². The minimum Gasteiger partial charge on any atom is -0.480 e. The van der Waals surface area contributed by atoms with E-state index in [1.807, 2.05) is 6.92 Å². The van der Waals surface area contributed by atoms with E-state index in [0.29, 0.717) is 6.42 Å². The van der Waals surface area contributed by atoms with Gasteiger partial charge in [0.25, 0.3) is 5.91 Å². The van der Waals surface area contributed by atoms with Crippen molar-refractivity contribution < 1.29 is 14.7 Å². The van der Waals surface area contributed by atoms with Gasteiger partial charge >= 0.3 is 5.97 Å². The average Bonchev–Trinajstić information content (AvgIpc) is 2.34. The highest BCUT2D eigenvalue weighted by molar-refractivity contribution is 5.96. The van der Waals surface area contributed by atoms with Crippen LogP contribution in [0.4, 0.5) is 0 Å². The van der Waals surface area contributed by atoms with E-state index >= 15 is 0 Å². The number of H-pyrrole nitrogens is 1. The van der Waals surface area contributed by atoms with Crippen molar-refractivity contribution in [2.75, 3.05) is 0 Å². The average molecular weight is 252 g/mol. The first-order chi connectivity index (χ1) is 8.45. The van der Waals surface area contributed by atoms with Crippen LogP contribution < -0.4 is 10.9 Å². The number of hydrogen-bond donors (Lipinski definition) is 3. The SMILES string of the molecule is CCC(C)[C@H](NC(=O)c1cc[nH]c(=O)c1)C(=O)O. The third-order valence-electron chi connectivity index (χ3n) is 2.80. The van der Waals surface area contributed by atoms with Crippen molar-refractivity contribution in [2.24, 2.45) is 5.92 Å². The number of hydrogen-bond acceptors (Lipinski definition) is 3. The summed E-state index contributed by atoms with van der Waals surface area (Å²) >= 11 is 0. The Hall–Kier alpha value is -2.11. The fourth-order valence-corrected chi connectivity index (χ4v) is 1.49. The van der Waals surface area contributed by atoms with Crippen molar-refractivity contribution in [3.63, 3.8) is 0 Å². The molecule has 0 spiro atoms. The van der Waals surface area contributed by atoms with Crippen LogP contribution in [0.15, 0.2) is 23.1 Å². The molecule has 0 aromatic carbocycles. The van der Waals surface area contributed by atoms with E-state index in [9.17, 15) is 14.4 Å². The van der Waals surface area contributed by atoms with Gasteiger partial charge in [-0.25, -0.2) is 4.79 Å². The highest BCUT2D eigenvalue weighted by atomic mass is 16.4. The van der Waals surface area contributed by atoms with Crippen LogP contribution in [0.2, 0.25) is 0 Å². The summed E-state index contributed by atoms with van der Waals surface area (Å²) in [6.07, 6.45) is 1.98. The summed E-state index contributed by atoms with van der Waals surface area (Å²) in [5.74, 6) is -1.83. The maximum absolute atomic E-state index is 11.8. The van der Waals surface area contributed by atoms with Crippen LogP contribution in [0.1, 0.15) is 30.6 Å². The summed E-state index contributed by atoms with van der Waals surface area (Å²) in [4.78, 5) is 36.3. The van der Waals surface area contributed by atoms with Crippen molar-refractivity contribution in [1.29, 1.82) is 0 Å². The minimum absolute atomic E-state index is 0.147. The van der Waals surface area contributed by atoms with Crippen molar-refractivity contribution >= 4 is 11.9 Å². The predicted molar refractivity (Wildman–Crippen MR) is 65.4 cm³/mol. The van der Waals surface area contributed by atoms with Crippen LogP contribution in [0, 0.1) is 5.92 Å². The monoisotopic (exact) mass is 252 g/mol. The molecular weight excluding hydrogens is 236 g/mol. The molecule has 6 heteroatoms. The Morgan fingerprint density at radius 1 is 1.50 bits per heavy atom. The minimum atomic E-state index is -1.08. The van der Waals surface area contributed by atoms with Crippen LogP contribution in [-0.4, -0.2) is 28.0 Å². The second-order valence-corrected chi connectivity index (χ2v) is 4.12. The molecule has 0 aliphatic carbocycles. The molecule has 0 fully saturated rings. The normalized spacial score (nSPS) is 13.7. The molecule has 1 rings (SSSR count). The molecule has 1 unspecified atom stereocenters. The molecule has 1 aromatic heterocycles. The molecule has 1 heterocycles. The molecule has 3 N–H and O–H groups in total. The first-order valence-corrected chi connectivity index (χ1v) is 5.68. The molecule has 98 valence electrons. The molecule has 0 aliphatic rings. The molecule has 18 heavy (non-hydrogen) atoms. The van der Waals surface area contributed by atoms with Crippen LogP contribution >= 0.6 is 0 Å². The highest BCUT2D eigenvalue weighted by Crippen LogP contribution is 2.08. The van der Waals surface area contributed by atoms with Crippen LogP contribution in [0.3, 0.4) is 0 Å². The number of carboxylic acids is 1. The van der Waals surface area contributed by atoms with Gasteiger partial charge in [0, 0.05) is 17.8 Å². The molecule has 1 aromatic rings. The number of nitrogens with one attached hydrogen (secondary N) is 2. The molecule has 0 radical (unpaired) electrons. The number of carboxylic acid groups (broad SMARTS) is 1. The van der Waals surface area contributed by atoms with E-state index in [-0.39, 0.29) is 11.5 Å². The third-order valence-corrected chi connectivity index (χ3v) is 2.80. The summed E-state index contributed by atoms with van der Waals surface area (Å²) in [6, 6.07) is 1.60. The Balaban J connectivity index is 2.85.